The summed E-state index contributed by atoms with van der Waals surface area (Å²) in [6.45, 7) is 6.12. The summed E-state index contributed by atoms with van der Waals surface area (Å²) in [5.74, 6) is 3.74. The average Bonchev–Trinajstić information content (AvgIpc) is 3.54. The fraction of sp³-hybridized carbons (Fsp3) is 0.160. The molecule has 0 radical (unpaired) electrons. The molecule has 4 aliphatic carbocycles. The van der Waals surface area contributed by atoms with Crippen LogP contribution >= 0.6 is 0 Å². The lowest BCUT2D eigenvalue weighted by atomic mass is 9.63. The van der Waals surface area contributed by atoms with E-state index in [1.165, 1.54) is 39.0 Å². The van der Waals surface area contributed by atoms with Crippen molar-refractivity contribution in [1.82, 2.24) is 15.0 Å². The molecule has 5 aromatic rings. The number of hydrogen-bond donors (Lipinski definition) is 0. The Labute approximate surface area is 322 Å². The molecule has 1 atom stereocenters. The van der Waals surface area contributed by atoms with Gasteiger partial charge in [0.05, 0.1) is 11.1 Å². The molecule has 10 rings (SSSR count). The molecule has 0 fully saturated rings. The van der Waals surface area contributed by atoms with Gasteiger partial charge < -0.3 is 4.74 Å². The molecular formula is C50H40N4O. The molecule has 5 aliphatic rings. The Morgan fingerprint density at radius 2 is 1.47 bits per heavy atom. The number of aliphatic imine (C=N–C) groups is 1. The first kappa shape index (κ1) is 33.1. The summed E-state index contributed by atoms with van der Waals surface area (Å²) in [6, 6.07) is 34.5. The van der Waals surface area contributed by atoms with Crippen molar-refractivity contribution in [2.45, 2.75) is 44.4 Å². The molecule has 1 spiro atoms. The van der Waals surface area contributed by atoms with E-state index in [9.17, 15) is 0 Å². The zero-order valence-corrected chi connectivity index (χ0v) is 30.9. The summed E-state index contributed by atoms with van der Waals surface area (Å²) in [4.78, 5) is 20.0. The van der Waals surface area contributed by atoms with Gasteiger partial charge in [0.2, 0.25) is 0 Å². The monoisotopic (exact) mass is 712 g/mol. The highest BCUT2D eigenvalue weighted by atomic mass is 16.5. The summed E-state index contributed by atoms with van der Waals surface area (Å²) in [5.41, 5.74) is 13.1. The second-order valence-corrected chi connectivity index (χ2v) is 14.6. The van der Waals surface area contributed by atoms with Crippen LogP contribution in [0.4, 0.5) is 0 Å². The van der Waals surface area contributed by atoms with Crippen LogP contribution in [0.15, 0.2) is 179 Å². The number of rotatable bonds is 6. The molecule has 1 aromatic heterocycles. The second-order valence-electron chi connectivity index (χ2n) is 14.6. The molecular weight excluding hydrogens is 673 g/mol. The first-order valence-corrected chi connectivity index (χ1v) is 19.4. The Bertz CT molecular complexity index is 2590. The van der Waals surface area contributed by atoms with Gasteiger partial charge in [0.25, 0.3) is 0 Å². The molecule has 4 aromatic carbocycles. The Balaban J connectivity index is 1.18. The quantitative estimate of drug-likeness (QED) is 0.164. The molecule has 0 bridgehead atoms. The SMILES string of the molecule is C=CC1=C(/N=C\C)C(C2C=C3Oc4cc(-c5nc(C6=CCCC=C6)nc(-c6ccccc6)n5)ccc4C4(C3=CC2)c2ccccc2-c2ccccc24)=CCC1. The number of allylic oxidation sites excluding steroid dienone is 11. The fourth-order valence-corrected chi connectivity index (χ4v) is 9.19. The zero-order valence-electron chi connectivity index (χ0n) is 30.9. The van der Waals surface area contributed by atoms with E-state index in [-0.39, 0.29) is 5.92 Å². The van der Waals surface area contributed by atoms with Crippen molar-refractivity contribution in [3.63, 3.8) is 0 Å². The standard InChI is InChI=1S/C50H40N4O/c1-3-32-20-15-23-37(46(32)51-4-2)35-26-28-42-44(30-35)55-45-31-36(27-29-43(45)50(42)40-24-13-11-21-38(40)39-22-12-14-25-41(39)50)49-53-47(33-16-7-5-8-17-33)52-48(54-49)34-18-9-6-10-19-34/h3-5,7-9,11-14,16-19,21-25,27-31,35H,1,6,10,15,20,26H2,2H3/b51-4-. The summed E-state index contributed by atoms with van der Waals surface area (Å²) in [5, 5.41) is 0. The van der Waals surface area contributed by atoms with Crippen LogP contribution in [-0.2, 0) is 5.41 Å². The molecule has 5 nitrogen and oxygen atoms in total. The summed E-state index contributed by atoms with van der Waals surface area (Å²) >= 11 is 0. The molecule has 266 valence electrons. The van der Waals surface area contributed by atoms with Crippen molar-refractivity contribution in [3.05, 3.63) is 197 Å². The third-order valence-corrected chi connectivity index (χ3v) is 11.6. The molecule has 2 heterocycles. The van der Waals surface area contributed by atoms with Crippen molar-refractivity contribution in [3.8, 4) is 39.7 Å². The number of ether oxygens (including phenoxy) is 1. The van der Waals surface area contributed by atoms with Crippen LogP contribution in [0.25, 0.3) is 39.5 Å². The van der Waals surface area contributed by atoms with Gasteiger partial charge in [-0.25, -0.2) is 15.0 Å². The zero-order chi connectivity index (χ0) is 36.9. The molecule has 1 unspecified atom stereocenters. The largest absolute Gasteiger partial charge is 0.457 e. The van der Waals surface area contributed by atoms with E-state index >= 15 is 0 Å². The molecule has 0 saturated carbocycles. The highest BCUT2D eigenvalue weighted by Gasteiger charge is 2.53. The van der Waals surface area contributed by atoms with Crippen molar-refractivity contribution < 1.29 is 4.74 Å². The van der Waals surface area contributed by atoms with Gasteiger partial charge in [0.1, 0.15) is 11.5 Å². The van der Waals surface area contributed by atoms with Gasteiger partial charge in [-0.1, -0.05) is 134 Å². The third kappa shape index (κ3) is 5.29. The highest BCUT2D eigenvalue weighted by Crippen LogP contribution is 2.62. The number of fused-ring (bicyclic) bond motifs is 9. The van der Waals surface area contributed by atoms with Crippen LogP contribution in [0.1, 0.15) is 61.5 Å². The van der Waals surface area contributed by atoms with Crippen LogP contribution in [0.2, 0.25) is 0 Å². The molecule has 0 saturated heterocycles. The van der Waals surface area contributed by atoms with E-state index in [4.69, 9.17) is 24.7 Å². The predicted octanol–water partition coefficient (Wildman–Crippen LogP) is 11.7. The number of nitrogens with zero attached hydrogens (tertiary/aromatic N) is 4. The lowest BCUT2D eigenvalue weighted by molar-refractivity contribution is 0.378. The van der Waals surface area contributed by atoms with E-state index in [2.05, 4.69) is 122 Å². The van der Waals surface area contributed by atoms with Crippen LogP contribution in [0, 0.1) is 5.92 Å². The maximum absolute atomic E-state index is 7.14. The topological polar surface area (TPSA) is 60.3 Å². The Hall–Kier alpha value is -6.46. The Morgan fingerprint density at radius 3 is 2.20 bits per heavy atom. The molecule has 55 heavy (non-hydrogen) atoms. The first-order valence-electron chi connectivity index (χ1n) is 19.4. The number of benzene rings is 4. The average molecular weight is 713 g/mol. The van der Waals surface area contributed by atoms with Crippen molar-refractivity contribution in [2.75, 3.05) is 0 Å². The van der Waals surface area contributed by atoms with Gasteiger partial charge in [-0.2, -0.15) is 0 Å². The molecule has 0 amide bonds. The van der Waals surface area contributed by atoms with E-state index in [1.807, 2.05) is 37.4 Å². The van der Waals surface area contributed by atoms with Crippen LogP contribution < -0.4 is 4.74 Å². The van der Waals surface area contributed by atoms with Gasteiger partial charge in [0, 0.05) is 40.0 Å². The number of hydrogen-bond acceptors (Lipinski definition) is 5. The maximum atomic E-state index is 7.14. The fourth-order valence-electron chi connectivity index (χ4n) is 9.19. The van der Waals surface area contributed by atoms with Crippen molar-refractivity contribution in [2.24, 2.45) is 10.9 Å². The summed E-state index contributed by atoms with van der Waals surface area (Å²) < 4.78 is 7.14. The highest BCUT2D eigenvalue weighted by molar-refractivity contribution is 5.89. The van der Waals surface area contributed by atoms with Crippen molar-refractivity contribution in [1.29, 1.82) is 0 Å². The van der Waals surface area contributed by atoms with Crippen LogP contribution in [-0.4, -0.2) is 21.2 Å². The summed E-state index contributed by atoms with van der Waals surface area (Å²) in [7, 11) is 0. The van der Waals surface area contributed by atoms with Gasteiger partial charge in [0.15, 0.2) is 17.5 Å². The lowest BCUT2D eigenvalue weighted by Gasteiger charge is -2.43. The third-order valence-electron chi connectivity index (χ3n) is 11.6. The van der Waals surface area contributed by atoms with E-state index in [0.717, 1.165) is 71.6 Å². The van der Waals surface area contributed by atoms with Gasteiger partial charge in [-0.15, -0.1) is 0 Å². The van der Waals surface area contributed by atoms with Crippen LogP contribution in [0.5, 0.6) is 5.75 Å². The predicted molar refractivity (Wildman–Crippen MR) is 222 cm³/mol. The minimum atomic E-state index is -0.555. The maximum Gasteiger partial charge on any atom is 0.164 e. The van der Waals surface area contributed by atoms with E-state index < -0.39 is 5.41 Å². The number of aromatic nitrogens is 3. The smallest absolute Gasteiger partial charge is 0.164 e. The first-order chi connectivity index (χ1) is 27.2. The van der Waals surface area contributed by atoms with Crippen molar-refractivity contribution >= 4 is 11.8 Å². The minimum absolute atomic E-state index is 0.109. The van der Waals surface area contributed by atoms with E-state index in [0.29, 0.717) is 17.5 Å². The molecule has 1 aliphatic heterocycles. The summed E-state index contributed by atoms with van der Waals surface area (Å²) in [6.07, 6.45) is 22.3. The minimum Gasteiger partial charge on any atom is -0.457 e. The lowest BCUT2D eigenvalue weighted by Crippen LogP contribution is -2.37. The Morgan fingerprint density at radius 1 is 0.745 bits per heavy atom. The normalized spacial score (nSPS) is 19.0. The van der Waals surface area contributed by atoms with E-state index in [1.54, 1.807) is 0 Å². The van der Waals surface area contributed by atoms with Crippen LogP contribution in [0.3, 0.4) is 0 Å². The van der Waals surface area contributed by atoms with Gasteiger partial charge in [-0.3, -0.25) is 4.99 Å². The molecule has 5 heteroatoms. The van der Waals surface area contributed by atoms with Gasteiger partial charge >= 0.3 is 0 Å². The van der Waals surface area contributed by atoms with Gasteiger partial charge in [-0.05, 0) is 84.6 Å². The Kier molecular flexibility index (Phi) is 8.09. The molecule has 0 N–H and O–H groups in total. The second kappa shape index (κ2) is 13.4.